The minimum absolute atomic E-state index is 0.0114. The van der Waals surface area contributed by atoms with E-state index >= 15 is 0 Å². The predicted octanol–water partition coefficient (Wildman–Crippen LogP) is 1.54. The van der Waals surface area contributed by atoms with Gasteiger partial charge in [-0.25, -0.2) is 14.4 Å². The molecule has 0 aromatic carbocycles. The highest BCUT2D eigenvalue weighted by Gasteiger charge is 2.23. The summed E-state index contributed by atoms with van der Waals surface area (Å²) in [7, 11) is 0. The molecule has 1 rings (SSSR count). The molecule has 1 aliphatic rings. The molecule has 0 aromatic heterocycles. The van der Waals surface area contributed by atoms with Gasteiger partial charge in [0.05, 0.1) is 0 Å². The average molecular weight is 414 g/mol. The highest BCUT2D eigenvalue weighted by molar-refractivity contribution is 5.81. The molecule has 0 aromatic rings. The molecule has 0 bridgehead atoms. The van der Waals surface area contributed by atoms with Gasteiger partial charge in [0, 0.05) is 26.1 Å². The van der Waals surface area contributed by atoms with E-state index in [9.17, 15) is 19.2 Å². The van der Waals surface area contributed by atoms with E-state index in [2.05, 4.69) is 21.9 Å². The summed E-state index contributed by atoms with van der Waals surface area (Å²) in [6.45, 7) is 5.52. The molecular formula is C19H30N2O8. The van der Waals surface area contributed by atoms with Crippen molar-refractivity contribution in [2.45, 2.75) is 32.6 Å². The number of rotatable bonds is 11. The van der Waals surface area contributed by atoms with Gasteiger partial charge in [-0.05, 0) is 31.1 Å². The van der Waals surface area contributed by atoms with E-state index in [1.54, 1.807) is 0 Å². The van der Waals surface area contributed by atoms with Gasteiger partial charge < -0.3 is 29.6 Å². The molecular weight excluding hydrogens is 384 g/mol. The van der Waals surface area contributed by atoms with Crippen LogP contribution in [0.4, 0.5) is 9.59 Å². The Morgan fingerprint density at radius 1 is 0.862 bits per heavy atom. The molecule has 0 saturated heterocycles. The Morgan fingerprint density at radius 3 is 1.83 bits per heavy atom. The number of carbonyl (C=O) groups is 4. The van der Waals surface area contributed by atoms with E-state index in [1.165, 1.54) is 6.92 Å². The minimum atomic E-state index is -0.566. The van der Waals surface area contributed by atoms with E-state index in [-0.39, 0.29) is 26.4 Å². The van der Waals surface area contributed by atoms with Crippen LogP contribution in [0.2, 0.25) is 0 Å². The molecule has 1 saturated carbocycles. The molecule has 2 atom stereocenters. The third-order valence-corrected chi connectivity index (χ3v) is 4.31. The molecule has 2 unspecified atom stereocenters. The van der Waals surface area contributed by atoms with E-state index in [1.807, 2.05) is 0 Å². The van der Waals surface area contributed by atoms with Crippen LogP contribution in [0.3, 0.4) is 0 Å². The van der Waals surface area contributed by atoms with Crippen LogP contribution in [0.1, 0.15) is 32.6 Å². The zero-order valence-corrected chi connectivity index (χ0v) is 16.8. The summed E-state index contributed by atoms with van der Waals surface area (Å²) in [6.07, 6.45) is 3.79. The highest BCUT2D eigenvalue weighted by atomic mass is 16.6. The Balaban J connectivity index is 2.13. The van der Waals surface area contributed by atoms with Crippen LogP contribution >= 0.6 is 0 Å². The highest BCUT2D eigenvalue weighted by Crippen LogP contribution is 2.28. The third kappa shape index (κ3) is 12.3. The van der Waals surface area contributed by atoms with Crippen LogP contribution in [0, 0.1) is 11.8 Å². The smallest absolute Gasteiger partial charge is 0.407 e. The lowest BCUT2D eigenvalue weighted by atomic mass is 9.81. The van der Waals surface area contributed by atoms with Crippen molar-refractivity contribution in [1.82, 2.24) is 10.6 Å². The quantitative estimate of drug-likeness (QED) is 0.225. The van der Waals surface area contributed by atoms with Crippen molar-refractivity contribution in [2.24, 2.45) is 11.8 Å². The summed E-state index contributed by atoms with van der Waals surface area (Å²) < 4.78 is 19.2. The van der Waals surface area contributed by atoms with Crippen LogP contribution in [0.5, 0.6) is 0 Å². The van der Waals surface area contributed by atoms with Crippen LogP contribution in [-0.2, 0) is 28.5 Å². The number of carbonyl (C=O) groups excluding carboxylic acids is 4. The maximum Gasteiger partial charge on any atom is 0.407 e. The van der Waals surface area contributed by atoms with E-state index in [0.29, 0.717) is 24.9 Å². The molecule has 164 valence electrons. The number of esters is 2. The molecule has 10 nitrogen and oxygen atoms in total. The van der Waals surface area contributed by atoms with E-state index < -0.39 is 24.1 Å². The van der Waals surface area contributed by atoms with Gasteiger partial charge in [0.25, 0.3) is 0 Å². The van der Waals surface area contributed by atoms with Gasteiger partial charge in [0.1, 0.15) is 26.4 Å². The van der Waals surface area contributed by atoms with Gasteiger partial charge in [-0.3, -0.25) is 4.79 Å². The molecule has 0 aliphatic heterocycles. The minimum Gasteiger partial charge on any atom is -0.462 e. The van der Waals surface area contributed by atoms with Gasteiger partial charge in [-0.15, -0.1) is 0 Å². The number of hydrogen-bond acceptors (Lipinski definition) is 8. The number of ether oxygens (including phenoxy) is 4. The number of amides is 2. The second-order valence-corrected chi connectivity index (χ2v) is 6.64. The molecule has 0 heterocycles. The fourth-order valence-electron chi connectivity index (χ4n) is 2.99. The van der Waals surface area contributed by atoms with Gasteiger partial charge in [-0.1, -0.05) is 13.0 Å². The zero-order valence-electron chi connectivity index (χ0n) is 16.8. The fourth-order valence-corrected chi connectivity index (χ4v) is 2.99. The van der Waals surface area contributed by atoms with E-state index in [0.717, 1.165) is 31.8 Å². The first-order valence-corrected chi connectivity index (χ1v) is 9.64. The summed E-state index contributed by atoms with van der Waals surface area (Å²) >= 11 is 0. The van der Waals surface area contributed by atoms with Gasteiger partial charge in [0.2, 0.25) is 0 Å². The lowest BCUT2D eigenvalue weighted by molar-refractivity contribution is -0.142. The number of nitrogens with one attached hydrogen (secondary N) is 2. The maximum atomic E-state index is 11.7. The predicted molar refractivity (Wildman–Crippen MR) is 102 cm³/mol. The Hall–Kier alpha value is -2.78. The first-order valence-electron chi connectivity index (χ1n) is 9.64. The Labute approximate surface area is 170 Å². The Morgan fingerprint density at radius 2 is 1.34 bits per heavy atom. The lowest BCUT2D eigenvalue weighted by Crippen LogP contribution is -2.36. The summed E-state index contributed by atoms with van der Waals surface area (Å²) in [4.78, 5) is 44.8. The topological polar surface area (TPSA) is 129 Å². The van der Waals surface area contributed by atoms with Crippen LogP contribution < -0.4 is 10.6 Å². The van der Waals surface area contributed by atoms with Crippen molar-refractivity contribution in [3.8, 4) is 0 Å². The van der Waals surface area contributed by atoms with E-state index in [4.69, 9.17) is 14.2 Å². The first-order chi connectivity index (χ1) is 13.9. The van der Waals surface area contributed by atoms with Gasteiger partial charge in [0.15, 0.2) is 0 Å². The second-order valence-electron chi connectivity index (χ2n) is 6.64. The summed E-state index contributed by atoms with van der Waals surface area (Å²) in [6, 6.07) is 0. The number of hydrogen-bond donors (Lipinski definition) is 2. The molecule has 2 N–H and O–H groups in total. The van der Waals surface area contributed by atoms with Crippen molar-refractivity contribution in [1.29, 1.82) is 0 Å². The molecule has 29 heavy (non-hydrogen) atoms. The molecule has 2 amide bonds. The standard InChI is InChI=1S/C19H30N2O8/c1-3-17(23)27-8-10-29-19(25)21-13-16-6-4-5-15(11-16)12-20-18(24)28-9-7-26-14(2)22/h3,15-16H,1,4-13H2,2H3,(H,20,24)(H,21,25). The summed E-state index contributed by atoms with van der Waals surface area (Å²) in [5, 5.41) is 5.42. The van der Waals surface area contributed by atoms with Crippen molar-refractivity contribution in [3.63, 3.8) is 0 Å². The second kappa shape index (κ2) is 14.3. The van der Waals surface area contributed by atoms with Crippen molar-refractivity contribution in [2.75, 3.05) is 39.5 Å². The molecule has 0 spiro atoms. The molecule has 10 heteroatoms. The van der Waals surface area contributed by atoms with Crippen molar-refractivity contribution < 1.29 is 38.1 Å². The molecule has 0 radical (unpaired) electrons. The van der Waals surface area contributed by atoms with Gasteiger partial charge in [-0.2, -0.15) is 0 Å². The first kappa shape index (κ1) is 24.3. The van der Waals surface area contributed by atoms with Crippen molar-refractivity contribution in [3.05, 3.63) is 12.7 Å². The largest absolute Gasteiger partial charge is 0.462 e. The maximum absolute atomic E-state index is 11.7. The average Bonchev–Trinajstić information content (AvgIpc) is 2.71. The zero-order chi connectivity index (χ0) is 21.5. The monoisotopic (exact) mass is 414 g/mol. The van der Waals surface area contributed by atoms with Crippen molar-refractivity contribution >= 4 is 24.1 Å². The SMILES string of the molecule is C=CC(=O)OCCOC(=O)NCC1CCCC(CNC(=O)OCCOC(C)=O)C1. The Kier molecular flexibility index (Phi) is 11.9. The fraction of sp³-hybridized carbons (Fsp3) is 0.684. The summed E-state index contributed by atoms with van der Waals surface area (Å²) in [5.74, 6) is -0.396. The van der Waals surface area contributed by atoms with Gasteiger partial charge >= 0.3 is 24.1 Å². The Bertz CT molecular complexity index is 566. The number of alkyl carbamates (subject to hydrolysis) is 2. The molecule has 1 fully saturated rings. The van der Waals surface area contributed by atoms with Crippen LogP contribution in [0.15, 0.2) is 12.7 Å². The van der Waals surface area contributed by atoms with Crippen LogP contribution in [0.25, 0.3) is 0 Å². The normalized spacial score (nSPS) is 18.1. The lowest BCUT2D eigenvalue weighted by Gasteiger charge is -2.29. The summed E-state index contributed by atoms with van der Waals surface area (Å²) in [5.41, 5.74) is 0. The molecule has 1 aliphatic carbocycles. The third-order valence-electron chi connectivity index (χ3n) is 4.31. The van der Waals surface area contributed by atoms with Crippen LogP contribution in [-0.4, -0.2) is 63.6 Å².